The molecule has 1 fully saturated rings. The van der Waals surface area contributed by atoms with Gasteiger partial charge in [0.15, 0.2) is 0 Å². The zero-order chi connectivity index (χ0) is 14.0. The zero-order valence-electron chi connectivity index (χ0n) is 11.1. The molecule has 1 aromatic carbocycles. The summed E-state index contributed by atoms with van der Waals surface area (Å²) in [6.07, 6.45) is 2.34. The molecule has 1 saturated heterocycles. The Morgan fingerprint density at radius 1 is 1.37 bits per heavy atom. The van der Waals surface area contributed by atoms with Crippen LogP contribution in [0.1, 0.15) is 36.5 Å². The smallest absolute Gasteiger partial charge is 0.337 e. The van der Waals surface area contributed by atoms with Crippen molar-refractivity contribution in [2.45, 2.75) is 31.8 Å². The predicted molar refractivity (Wildman–Crippen MR) is 74.5 cm³/mol. The molecule has 0 radical (unpaired) electrons. The second-order valence-electron chi connectivity index (χ2n) is 5.41. The van der Waals surface area contributed by atoms with Gasteiger partial charge in [-0.15, -0.1) is 0 Å². The van der Waals surface area contributed by atoms with Crippen molar-refractivity contribution in [3.63, 3.8) is 0 Å². The van der Waals surface area contributed by atoms with Gasteiger partial charge in [-0.25, -0.2) is 4.79 Å². The highest BCUT2D eigenvalue weighted by molar-refractivity contribution is 5.94. The van der Waals surface area contributed by atoms with Gasteiger partial charge in [0.05, 0.1) is 11.2 Å². The van der Waals surface area contributed by atoms with Crippen LogP contribution in [0, 0.1) is 0 Å². The molecular formula is C14H20N2O3. The van der Waals surface area contributed by atoms with E-state index in [0.29, 0.717) is 6.42 Å². The Hall–Kier alpha value is -1.75. The Kier molecular flexibility index (Phi) is 3.66. The molecule has 5 heteroatoms. The van der Waals surface area contributed by atoms with Gasteiger partial charge in [0.1, 0.15) is 0 Å². The van der Waals surface area contributed by atoms with Gasteiger partial charge in [0.2, 0.25) is 0 Å². The molecule has 104 valence electrons. The average Bonchev–Trinajstić information content (AvgIpc) is 2.51. The lowest BCUT2D eigenvalue weighted by molar-refractivity contribution is 0.0481. The van der Waals surface area contributed by atoms with Gasteiger partial charge >= 0.3 is 5.97 Å². The first kappa shape index (κ1) is 13.7. The minimum Gasteiger partial charge on any atom is -0.478 e. The van der Waals surface area contributed by atoms with E-state index in [4.69, 9.17) is 10.8 Å². The fourth-order valence-electron chi connectivity index (χ4n) is 2.45. The largest absolute Gasteiger partial charge is 0.478 e. The minimum atomic E-state index is -1.01. The van der Waals surface area contributed by atoms with Crippen molar-refractivity contribution in [2.75, 3.05) is 23.7 Å². The van der Waals surface area contributed by atoms with E-state index in [-0.39, 0.29) is 11.3 Å². The van der Waals surface area contributed by atoms with Crippen LogP contribution >= 0.6 is 0 Å². The molecule has 1 aliphatic heterocycles. The Labute approximate surface area is 112 Å². The second-order valence-corrected chi connectivity index (χ2v) is 5.41. The van der Waals surface area contributed by atoms with Crippen LogP contribution in [0.3, 0.4) is 0 Å². The van der Waals surface area contributed by atoms with Gasteiger partial charge in [-0.1, -0.05) is 0 Å². The summed E-state index contributed by atoms with van der Waals surface area (Å²) in [4.78, 5) is 13.2. The standard InChI is InChI=1S/C14H20N2O3/c1-14(19)5-2-7-16(8-6-14)10-3-4-12(15)11(9-10)13(17)18/h3-4,9,19H,2,5-8,15H2,1H3,(H,17,18). The normalized spacial score (nSPS) is 24.0. The number of nitrogens with two attached hydrogens (primary N) is 1. The van der Waals surface area contributed by atoms with Gasteiger partial charge in [0.25, 0.3) is 0 Å². The highest BCUT2D eigenvalue weighted by Crippen LogP contribution is 2.27. The molecule has 2 rings (SSSR count). The molecule has 1 unspecified atom stereocenters. The second kappa shape index (κ2) is 5.09. The molecule has 1 atom stereocenters. The molecule has 0 aliphatic carbocycles. The number of benzene rings is 1. The number of hydrogen-bond donors (Lipinski definition) is 3. The fourth-order valence-corrected chi connectivity index (χ4v) is 2.45. The number of nitrogens with zero attached hydrogens (tertiary/aromatic N) is 1. The van der Waals surface area contributed by atoms with Crippen molar-refractivity contribution in [3.05, 3.63) is 23.8 Å². The van der Waals surface area contributed by atoms with Crippen molar-refractivity contribution < 1.29 is 15.0 Å². The van der Waals surface area contributed by atoms with E-state index in [0.717, 1.165) is 31.6 Å². The van der Waals surface area contributed by atoms with Crippen LogP contribution in [0.15, 0.2) is 18.2 Å². The average molecular weight is 264 g/mol. The number of hydrogen-bond acceptors (Lipinski definition) is 4. The summed E-state index contributed by atoms with van der Waals surface area (Å²) in [7, 11) is 0. The molecule has 1 heterocycles. The molecule has 1 aromatic rings. The van der Waals surface area contributed by atoms with Crippen molar-refractivity contribution in [1.82, 2.24) is 0 Å². The van der Waals surface area contributed by atoms with E-state index in [1.165, 1.54) is 0 Å². The lowest BCUT2D eigenvalue weighted by Crippen LogP contribution is -2.28. The summed E-state index contributed by atoms with van der Waals surface area (Å²) in [5, 5.41) is 19.2. The Bertz CT molecular complexity index is 486. The SMILES string of the molecule is CC1(O)CCCN(c2ccc(N)c(C(=O)O)c2)CC1. The number of aliphatic hydroxyl groups is 1. The summed E-state index contributed by atoms with van der Waals surface area (Å²) in [5.41, 5.74) is 6.29. The van der Waals surface area contributed by atoms with Gasteiger partial charge in [-0.2, -0.15) is 0 Å². The Morgan fingerprint density at radius 2 is 2.11 bits per heavy atom. The summed E-state index contributed by atoms with van der Waals surface area (Å²) in [6.45, 7) is 3.39. The number of nitrogen functional groups attached to an aromatic ring is 1. The fraction of sp³-hybridized carbons (Fsp3) is 0.500. The molecule has 0 spiro atoms. The molecular weight excluding hydrogens is 244 g/mol. The number of carboxylic acid groups (broad SMARTS) is 1. The van der Waals surface area contributed by atoms with Crippen molar-refractivity contribution in [2.24, 2.45) is 0 Å². The highest BCUT2D eigenvalue weighted by Gasteiger charge is 2.25. The van der Waals surface area contributed by atoms with Crippen molar-refractivity contribution in [1.29, 1.82) is 0 Å². The minimum absolute atomic E-state index is 0.133. The van der Waals surface area contributed by atoms with Crippen LogP contribution in [-0.2, 0) is 0 Å². The Morgan fingerprint density at radius 3 is 2.79 bits per heavy atom. The van der Waals surface area contributed by atoms with Crippen LogP contribution in [-0.4, -0.2) is 34.9 Å². The van der Waals surface area contributed by atoms with Crippen LogP contribution in [0.2, 0.25) is 0 Å². The quantitative estimate of drug-likeness (QED) is 0.708. The third kappa shape index (κ3) is 3.17. The lowest BCUT2D eigenvalue weighted by Gasteiger charge is -2.24. The summed E-state index contributed by atoms with van der Waals surface area (Å²) >= 11 is 0. The van der Waals surface area contributed by atoms with Gasteiger partial charge in [0, 0.05) is 24.5 Å². The van der Waals surface area contributed by atoms with E-state index in [1.54, 1.807) is 12.1 Å². The molecule has 0 saturated carbocycles. The number of anilines is 2. The van der Waals surface area contributed by atoms with E-state index in [9.17, 15) is 9.90 Å². The molecule has 0 amide bonds. The predicted octanol–water partition coefficient (Wildman–Crippen LogP) is 1.71. The number of aromatic carboxylic acids is 1. The molecule has 5 nitrogen and oxygen atoms in total. The molecule has 0 aromatic heterocycles. The van der Waals surface area contributed by atoms with Crippen LogP contribution < -0.4 is 10.6 Å². The monoisotopic (exact) mass is 264 g/mol. The molecule has 4 N–H and O–H groups in total. The maximum absolute atomic E-state index is 11.1. The number of carbonyl (C=O) groups is 1. The maximum atomic E-state index is 11.1. The highest BCUT2D eigenvalue weighted by atomic mass is 16.4. The maximum Gasteiger partial charge on any atom is 0.337 e. The van der Waals surface area contributed by atoms with Crippen molar-refractivity contribution in [3.8, 4) is 0 Å². The molecule has 0 bridgehead atoms. The van der Waals surface area contributed by atoms with E-state index < -0.39 is 11.6 Å². The molecule has 1 aliphatic rings. The topological polar surface area (TPSA) is 86.8 Å². The van der Waals surface area contributed by atoms with Gasteiger partial charge in [-0.3, -0.25) is 0 Å². The van der Waals surface area contributed by atoms with E-state index in [1.807, 2.05) is 13.0 Å². The van der Waals surface area contributed by atoms with Gasteiger partial charge < -0.3 is 20.8 Å². The summed E-state index contributed by atoms with van der Waals surface area (Å²) in [6, 6.07) is 5.07. The third-order valence-corrected chi connectivity index (χ3v) is 3.70. The van der Waals surface area contributed by atoms with Crippen LogP contribution in [0.25, 0.3) is 0 Å². The van der Waals surface area contributed by atoms with Crippen LogP contribution in [0.5, 0.6) is 0 Å². The van der Waals surface area contributed by atoms with Crippen LogP contribution in [0.4, 0.5) is 11.4 Å². The third-order valence-electron chi connectivity index (χ3n) is 3.70. The summed E-state index contributed by atoms with van der Waals surface area (Å²) in [5.74, 6) is -1.01. The van der Waals surface area contributed by atoms with Crippen molar-refractivity contribution >= 4 is 17.3 Å². The zero-order valence-corrected chi connectivity index (χ0v) is 11.1. The molecule has 19 heavy (non-hydrogen) atoms. The lowest BCUT2D eigenvalue weighted by atomic mass is 9.98. The first-order valence-corrected chi connectivity index (χ1v) is 6.49. The Balaban J connectivity index is 2.22. The summed E-state index contributed by atoms with van der Waals surface area (Å²) < 4.78 is 0. The van der Waals surface area contributed by atoms with E-state index in [2.05, 4.69) is 4.90 Å². The number of rotatable bonds is 2. The first-order chi connectivity index (χ1) is 8.89. The number of carboxylic acids is 1. The van der Waals surface area contributed by atoms with Gasteiger partial charge in [-0.05, 0) is 44.4 Å². The first-order valence-electron chi connectivity index (χ1n) is 6.49. The van der Waals surface area contributed by atoms with E-state index >= 15 is 0 Å².